The van der Waals surface area contributed by atoms with Gasteiger partial charge in [0.15, 0.2) is 0 Å². The second kappa shape index (κ2) is 13.0. The molecule has 0 aromatic rings. The molecule has 0 aliphatic carbocycles. The van der Waals surface area contributed by atoms with E-state index in [0.29, 0.717) is 6.61 Å². The standard InChI is InChI=1S/C15H26O2/c1-3-5-6-7-8-9-10-11-12-13-14-17-15(16)4-2/h4,6-7H,2-3,5,8-14H2,1H3/b7-6+. The minimum absolute atomic E-state index is 0.314. The molecule has 0 bridgehead atoms. The molecule has 2 heteroatoms. The lowest BCUT2D eigenvalue weighted by molar-refractivity contribution is -0.137. The molecule has 0 heterocycles. The summed E-state index contributed by atoms with van der Waals surface area (Å²) in [7, 11) is 0. The van der Waals surface area contributed by atoms with E-state index < -0.39 is 0 Å². The van der Waals surface area contributed by atoms with Crippen LogP contribution in [0.2, 0.25) is 0 Å². The van der Waals surface area contributed by atoms with Crippen LogP contribution in [0.15, 0.2) is 24.8 Å². The maximum Gasteiger partial charge on any atom is 0.330 e. The Hall–Kier alpha value is -1.05. The maximum absolute atomic E-state index is 10.7. The fourth-order valence-corrected chi connectivity index (χ4v) is 1.53. The van der Waals surface area contributed by atoms with Crippen LogP contribution in [0.3, 0.4) is 0 Å². The van der Waals surface area contributed by atoms with Crippen molar-refractivity contribution in [3.8, 4) is 0 Å². The Morgan fingerprint density at radius 3 is 2.41 bits per heavy atom. The summed E-state index contributed by atoms with van der Waals surface area (Å²) in [6, 6.07) is 0. The molecule has 2 nitrogen and oxygen atoms in total. The zero-order valence-corrected chi connectivity index (χ0v) is 11.1. The monoisotopic (exact) mass is 238 g/mol. The second-order valence-corrected chi connectivity index (χ2v) is 4.19. The molecule has 0 N–H and O–H groups in total. The van der Waals surface area contributed by atoms with Crippen molar-refractivity contribution in [3.05, 3.63) is 24.8 Å². The largest absolute Gasteiger partial charge is 0.463 e. The quantitative estimate of drug-likeness (QED) is 0.231. The highest BCUT2D eigenvalue weighted by Crippen LogP contribution is 2.06. The predicted octanol–water partition coefficient (Wildman–Crippen LogP) is 4.41. The summed E-state index contributed by atoms with van der Waals surface area (Å²) in [6.07, 6.45) is 15.3. The fourth-order valence-electron chi connectivity index (χ4n) is 1.53. The highest BCUT2D eigenvalue weighted by molar-refractivity contribution is 5.81. The molecule has 0 fully saturated rings. The number of ether oxygens (including phenoxy) is 1. The minimum Gasteiger partial charge on any atom is -0.463 e. The van der Waals surface area contributed by atoms with Crippen LogP contribution in [-0.2, 0) is 9.53 Å². The van der Waals surface area contributed by atoms with Crippen molar-refractivity contribution in [2.45, 2.75) is 58.3 Å². The van der Waals surface area contributed by atoms with E-state index in [4.69, 9.17) is 4.74 Å². The van der Waals surface area contributed by atoms with Gasteiger partial charge in [-0.2, -0.15) is 0 Å². The molecule has 0 aromatic carbocycles. The van der Waals surface area contributed by atoms with E-state index in [1.165, 1.54) is 44.6 Å². The molecular formula is C15H26O2. The molecule has 0 saturated heterocycles. The van der Waals surface area contributed by atoms with Crippen molar-refractivity contribution < 1.29 is 9.53 Å². The molecule has 0 rings (SSSR count). The number of allylic oxidation sites excluding steroid dienone is 2. The van der Waals surface area contributed by atoms with Crippen molar-refractivity contribution in [1.82, 2.24) is 0 Å². The van der Waals surface area contributed by atoms with Crippen LogP contribution in [0.5, 0.6) is 0 Å². The van der Waals surface area contributed by atoms with E-state index in [1.54, 1.807) is 0 Å². The first-order chi connectivity index (χ1) is 8.31. The Morgan fingerprint density at radius 2 is 1.71 bits per heavy atom. The second-order valence-electron chi connectivity index (χ2n) is 4.19. The molecule has 0 aliphatic heterocycles. The first-order valence-electron chi connectivity index (χ1n) is 6.75. The molecule has 0 unspecified atom stereocenters. The van der Waals surface area contributed by atoms with Gasteiger partial charge in [-0.3, -0.25) is 0 Å². The Bertz CT molecular complexity index is 219. The molecule has 0 radical (unpaired) electrons. The number of hydrogen-bond donors (Lipinski definition) is 0. The number of rotatable bonds is 11. The zero-order chi connectivity index (χ0) is 12.8. The molecule has 0 aliphatic rings. The molecule has 17 heavy (non-hydrogen) atoms. The lowest BCUT2D eigenvalue weighted by Gasteiger charge is -2.01. The number of unbranched alkanes of at least 4 members (excludes halogenated alkanes) is 6. The molecular weight excluding hydrogens is 212 g/mol. The topological polar surface area (TPSA) is 26.3 Å². The van der Waals surface area contributed by atoms with Crippen LogP contribution in [0.25, 0.3) is 0 Å². The summed E-state index contributed by atoms with van der Waals surface area (Å²) in [5.74, 6) is -0.314. The van der Waals surface area contributed by atoms with Gasteiger partial charge in [0.05, 0.1) is 6.61 Å². The average molecular weight is 238 g/mol. The van der Waals surface area contributed by atoms with Gasteiger partial charge in [-0.25, -0.2) is 4.79 Å². The molecule has 98 valence electrons. The summed E-state index contributed by atoms with van der Waals surface area (Å²) < 4.78 is 4.90. The van der Waals surface area contributed by atoms with Gasteiger partial charge in [0.1, 0.15) is 0 Å². The molecule has 0 saturated carbocycles. The summed E-state index contributed by atoms with van der Waals surface area (Å²) in [5.41, 5.74) is 0. The summed E-state index contributed by atoms with van der Waals surface area (Å²) in [5, 5.41) is 0. The van der Waals surface area contributed by atoms with E-state index in [0.717, 1.165) is 12.8 Å². The van der Waals surface area contributed by atoms with Gasteiger partial charge in [-0.05, 0) is 25.7 Å². The maximum atomic E-state index is 10.7. The van der Waals surface area contributed by atoms with E-state index >= 15 is 0 Å². The predicted molar refractivity (Wildman–Crippen MR) is 72.9 cm³/mol. The first kappa shape index (κ1) is 16.0. The minimum atomic E-state index is -0.314. The molecule has 0 aromatic heterocycles. The normalized spacial score (nSPS) is 10.6. The van der Waals surface area contributed by atoms with Gasteiger partial charge in [0, 0.05) is 6.08 Å². The first-order valence-corrected chi connectivity index (χ1v) is 6.75. The van der Waals surface area contributed by atoms with E-state index in [9.17, 15) is 4.79 Å². The summed E-state index contributed by atoms with van der Waals surface area (Å²) in [4.78, 5) is 10.7. The number of carbonyl (C=O) groups is 1. The van der Waals surface area contributed by atoms with Crippen LogP contribution in [-0.4, -0.2) is 12.6 Å². The van der Waals surface area contributed by atoms with Crippen molar-refractivity contribution in [3.63, 3.8) is 0 Å². The smallest absolute Gasteiger partial charge is 0.330 e. The Kier molecular flexibility index (Phi) is 12.2. The number of esters is 1. The van der Waals surface area contributed by atoms with E-state index in [2.05, 4.69) is 25.7 Å². The van der Waals surface area contributed by atoms with Gasteiger partial charge < -0.3 is 4.74 Å². The van der Waals surface area contributed by atoms with Crippen LogP contribution in [0.1, 0.15) is 58.3 Å². The van der Waals surface area contributed by atoms with Crippen LogP contribution in [0, 0.1) is 0 Å². The third-order valence-corrected chi connectivity index (χ3v) is 2.55. The molecule has 0 atom stereocenters. The average Bonchev–Trinajstić information content (AvgIpc) is 2.35. The van der Waals surface area contributed by atoms with Gasteiger partial charge >= 0.3 is 5.97 Å². The van der Waals surface area contributed by atoms with Gasteiger partial charge in [-0.15, -0.1) is 0 Å². The highest BCUT2D eigenvalue weighted by Gasteiger charge is 1.94. The summed E-state index contributed by atoms with van der Waals surface area (Å²) in [6.45, 7) is 6.08. The molecule has 0 amide bonds. The van der Waals surface area contributed by atoms with Crippen molar-refractivity contribution in [1.29, 1.82) is 0 Å². The zero-order valence-electron chi connectivity index (χ0n) is 11.1. The Labute approximate surface area is 106 Å². The van der Waals surface area contributed by atoms with Crippen molar-refractivity contribution in [2.24, 2.45) is 0 Å². The van der Waals surface area contributed by atoms with E-state index in [-0.39, 0.29) is 5.97 Å². The van der Waals surface area contributed by atoms with Crippen LogP contribution in [0.4, 0.5) is 0 Å². The Morgan fingerprint density at radius 1 is 1.06 bits per heavy atom. The highest BCUT2D eigenvalue weighted by atomic mass is 16.5. The lowest BCUT2D eigenvalue weighted by Crippen LogP contribution is -2.01. The fraction of sp³-hybridized carbons (Fsp3) is 0.667. The SMILES string of the molecule is C=CC(=O)OCCCCCCC/C=C/CCC. The number of carbonyl (C=O) groups excluding carboxylic acids is 1. The van der Waals surface area contributed by atoms with E-state index in [1.807, 2.05) is 0 Å². The number of hydrogen-bond acceptors (Lipinski definition) is 2. The van der Waals surface area contributed by atoms with Crippen molar-refractivity contribution in [2.75, 3.05) is 6.61 Å². The summed E-state index contributed by atoms with van der Waals surface area (Å²) >= 11 is 0. The van der Waals surface area contributed by atoms with Gasteiger partial charge in [0.2, 0.25) is 0 Å². The van der Waals surface area contributed by atoms with Gasteiger partial charge in [-0.1, -0.05) is 51.3 Å². The third kappa shape index (κ3) is 12.9. The van der Waals surface area contributed by atoms with Crippen LogP contribution >= 0.6 is 0 Å². The van der Waals surface area contributed by atoms with Crippen molar-refractivity contribution >= 4 is 5.97 Å². The van der Waals surface area contributed by atoms with Crippen LogP contribution < -0.4 is 0 Å². The lowest BCUT2D eigenvalue weighted by atomic mass is 10.1. The molecule has 0 spiro atoms. The Balaban J connectivity index is 3.08. The third-order valence-electron chi connectivity index (χ3n) is 2.55. The van der Waals surface area contributed by atoms with Gasteiger partial charge in [0.25, 0.3) is 0 Å².